The van der Waals surface area contributed by atoms with Crippen LogP contribution in [-0.4, -0.2) is 43.2 Å². The maximum absolute atomic E-state index is 12.8. The molecule has 1 atom stereocenters. The van der Waals surface area contributed by atoms with Crippen molar-refractivity contribution in [3.8, 4) is 11.5 Å². The quantitative estimate of drug-likeness (QED) is 0.477. The molecular formula is C26H28N6O. The van der Waals surface area contributed by atoms with E-state index in [0.717, 1.165) is 55.1 Å². The first-order chi connectivity index (χ1) is 16.3. The monoisotopic (exact) mass is 440 g/mol. The number of para-hydroxylation sites is 1. The molecule has 4 aromatic rings. The van der Waals surface area contributed by atoms with Crippen molar-refractivity contribution < 1.29 is 4.79 Å². The minimum absolute atomic E-state index is 0.00498. The van der Waals surface area contributed by atoms with Crippen LogP contribution in [-0.2, 0) is 17.9 Å². The number of likely N-dealkylation sites (tertiary alicyclic amines) is 1. The van der Waals surface area contributed by atoms with E-state index in [1.807, 2.05) is 65.7 Å². The van der Waals surface area contributed by atoms with Crippen LogP contribution < -0.4 is 5.32 Å². The number of carbonyl (C=O) groups excluding carboxylic acids is 1. The van der Waals surface area contributed by atoms with Crippen LogP contribution in [0.15, 0.2) is 85.6 Å². The normalized spacial score (nSPS) is 16.5. The van der Waals surface area contributed by atoms with Crippen molar-refractivity contribution in [1.29, 1.82) is 0 Å². The van der Waals surface area contributed by atoms with Crippen LogP contribution in [0.4, 0.5) is 0 Å². The lowest BCUT2D eigenvalue weighted by atomic mass is 9.96. The van der Waals surface area contributed by atoms with E-state index in [1.54, 1.807) is 12.4 Å². The maximum atomic E-state index is 12.8. The van der Waals surface area contributed by atoms with Crippen molar-refractivity contribution in [2.24, 2.45) is 5.92 Å². The third-order valence-electron chi connectivity index (χ3n) is 6.13. The molecule has 1 N–H and O–H groups in total. The van der Waals surface area contributed by atoms with E-state index in [2.05, 4.69) is 31.9 Å². The number of carbonyl (C=O) groups is 1. The number of rotatable bonds is 7. The summed E-state index contributed by atoms with van der Waals surface area (Å²) < 4.78 is 4.09. The smallest absolute Gasteiger partial charge is 0.224 e. The van der Waals surface area contributed by atoms with Gasteiger partial charge in [0.25, 0.3) is 0 Å². The highest BCUT2D eigenvalue weighted by molar-refractivity contribution is 5.78. The van der Waals surface area contributed by atoms with Crippen molar-refractivity contribution in [3.05, 3.63) is 96.7 Å². The summed E-state index contributed by atoms with van der Waals surface area (Å²) in [5.41, 5.74) is 3.19. The summed E-state index contributed by atoms with van der Waals surface area (Å²) in [6, 6.07) is 18.1. The van der Waals surface area contributed by atoms with Crippen LogP contribution in [0.1, 0.15) is 24.0 Å². The highest BCUT2D eigenvalue weighted by atomic mass is 16.1. The molecule has 1 saturated heterocycles. The molecule has 0 spiro atoms. The second-order valence-corrected chi connectivity index (χ2v) is 8.48. The lowest BCUT2D eigenvalue weighted by Crippen LogP contribution is -2.42. The molecule has 0 saturated carbocycles. The minimum Gasteiger partial charge on any atom is -0.352 e. The average molecular weight is 441 g/mol. The molecule has 168 valence electrons. The Labute approximate surface area is 193 Å². The molecule has 7 nitrogen and oxygen atoms in total. The molecule has 7 heteroatoms. The van der Waals surface area contributed by atoms with Crippen LogP contribution in [0.2, 0.25) is 0 Å². The molecule has 0 unspecified atom stereocenters. The van der Waals surface area contributed by atoms with Gasteiger partial charge in [-0.25, -0.2) is 4.68 Å². The predicted octanol–water partition coefficient (Wildman–Crippen LogP) is 3.59. The van der Waals surface area contributed by atoms with Gasteiger partial charge in [-0.2, -0.15) is 5.10 Å². The molecule has 1 aliphatic heterocycles. The summed E-state index contributed by atoms with van der Waals surface area (Å²) in [5.74, 6) is 1.15. The van der Waals surface area contributed by atoms with Crippen LogP contribution >= 0.6 is 0 Å². The van der Waals surface area contributed by atoms with Gasteiger partial charge >= 0.3 is 0 Å². The van der Waals surface area contributed by atoms with Gasteiger partial charge in [0.15, 0.2) is 0 Å². The molecule has 4 heterocycles. The summed E-state index contributed by atoms with van der Waals surface area (Å²) in [5, 5.41) is 7.80. The van der Waals surface area contributed by atoms with E-state index in [-0.39, 0.29) is 11.8 Å². The minimum atomic E-state index is -0.00498. The number of hydrogen-bond donors (Lipinski definition) is 1. The first kappa shape index (κ1) is 21.2. The second-order valence-electron chi connectivity index (χ2n) is 8.48. The van der Waals surface area contributed by atoms with Crippen molar-refractivity contribution in [2.75, 3.05) is 13.1 Å². The number of benzene rings is 1. The molecule has 0 bridgehead atoms. The van der Waals surface area contributed by atoms with Crippen molar-refractivity contribution in [2.45, 2.75) is 25.9 Å². The van der Waals surface area contributed by atoms with Gasteiger partial charge in [-0.1, -0.05) is 24.3 Å². The summed E-state index contributed by atoms with van der Waals surface area (Å²) in [6.45, 7) is 3.01. The van der Waals surface area contributed by atoms with Gasteiger partial charge in [-0.15, -0.1) is 0 Å². The van der Waals surface area contributed by atoms with E-state index < -0.39 is 0 Å². The van der Waals surface area contributed by atoms with E-state index >= 15 is 0 Å². The van der Waals surface area contributed by atoms with E-state index in [4.69, 9.17) is 5.10 Å². The fraction of sp³-hybridized carbons (Fsp3) is 0.269. The van der Waals surface area contributed by atoms with Crippen LogP contribution in [0.5, 0.6) is 0 Å². The van der Waals surface area contributed by atoms with Crippen molar-refractivity contribution in [3.63, 3.8) is 0 Å². The number of piperidine rings is 1. The van der Waals surface area contributed by atoms with Crippen LogP contribution in [0, 0.1) is 5.92 Å². The van der Waals surface area contributed by atoms with Gasteiger partial charge in [0.1, 0.15) is 5.82 Å². The van der Waals surface area contributed by atoms with Crippen LogP contribution in [0.3, 0.4) is 0 Å². The number of amides is 1. The lowest BCUT2D eigenvalue weighted by Gasteiger charge is -2.32. The van der Waals surface area contributed by atoms with Gasteiger partial charge in [0.05, 0.1) is 17.8 Å². The first-order valence-corrected chi connectivity index (χ1v) is 11.4. The molecule has 0 aliphatic carbocycles. The molecule has 3 aromatic heterocycles. The Hall–Kier alpha value is -3.71. The number of hydrogen-bond acceptors (Lipinski definition) is 4. The Kier molecular flexibility index (Phi) is 6.30. The van der Waals surface area contributed by atoms with Gasteiger partial charge in [-0.05, 0) is 55.3 Å². The maximum Gasteiger partial charge on any atom is 0.224 e. The molecule has 5 rings (SSSR count). The van der Waals surface area contributed by atoms with E-state index in [0.29, 0.717) is 6.54 Å². The number of pyridine rings is 1. The summed E-state index contributed by atoms with van der Waals surface area (Å²) in [6.07, 6.45) is 11.5. The fourth-order valence-electron chi connectivity index (χ4n) is 4.49. The third-order valence-corrected chi connectivity index (χ3v) is 6.13. The van der Waals surface area contributed by atoms with Crippen molar-refractivity contribution in [1.82, 2.24) is 29.5 Å². The summed E-state index contributed by atoms with van der Waals surface area (Å²) in [4.78, 5) is 19.3. The highest BCUT2D eigenvalue weighted by Crippen LogP contribution is 2.24. The van der Waals surface area contributed by atoms with Gasteiger partial charge in [-0.3, -0.25) is 14.7 Å². The molecule has 1 amide bonds. The molecular weight excluding hydrogens is 412 g/mol. The first-order valence-electron chi connectivity index (χ1n) is 11.4. The summed E-state index contributed by atoms with van der Waals surface area (Å²) >= 11 is 0. The molecule has 1 aromatic carbocycles. The molecule has 0 radical (unpaired) electrons. The zero-order chi connectivity index (χ0) is 22.5. The molecule has 33 heavy (non-hydrogen) atoms. The average Bonchev–Trinajstić information content (AvgIpc) is 3.54. The lowest BCUT2D eigenvalue weighted by molar-refractivity contribution is -0.126. The third kappa shape index (κ3) is 4.88. The largest absolute Gasteiger partial charge is 0.352 e. The zero-order valence-electron chi connectivity index (χ0n) is 18.5. The predicted molar refractivity (Wildman–Crippen MR) is 127 cm³/mol. The summed E-state index contributed by atoms with van der Waals surface area (Å²) in [7, 11) is 0. The zero-order valence-corrected chi connectivity index (χ0v) is 18.5. The Morgan fingerprint density at radius 2 is 1.88 bits per heavy atom. The van der Waals surface area contributed by atoms with E-state index in [9.17, 15) is 4.79 Å². The Balaban J connectivity index is 1.30. The van der Waals surface area contributed by atoms with Gasteiger partial charge < -0.3 is 9.88 Å². The Bertz CT molecular complexity index is 1170. The standard InChI is InChI=1S/C26H28N6O/c33-25(28-17-21-8-6-12-27-16-21)22-9-7-13-30(19-22)20-23-18-29-32(24-10-2-1-3-11-24)26(23)31-14-4-5-15-31/h1-6,8,10-12,14-16,18,22H,7,9,13,17,19-20H2,(H,28,33)/t22-/m1/s1. The Morgan fingerprint density at radius 1 is 1.03 bits per heavy atom. The topological polar surface area (TPSA) is 68.0 Å². The van der Waals surface area contributed by atoms with Gasteiger partial charge in [0.2, 0.25) is 5.91 Å². The fourth-order valence-corrected chi connectivity index (χ4v) is 4.49. The number of aromatic nitrogens is 4. The second kappa shape index (κ2) is 9.83. The number of nitrogens with one attached hydrogen (secondary N) is 1. The highest BCUT2D eigenvalue weighted by Gasteiger charge is 2.27. The van der Waals surface area contributed by atoms with Crippen LogP contribution in [0.25, 0.3) is 11.5 Å². The van der Waals surface area contributed by atoms with Gasteiger partial charge in [0, 0.05) is 50.0 Å². The Morgan fingerprint density at radius 3 is 2.67 bits per heavy atom. The van der Waals surface area contributed by atoms with E-state index in [1.165, 1.54) is 0 Å². The SMILES string of the molecule is O=C(NCc1cccnc1)[C@@H]1CCCN(Cc2cnn(-c3ccccc3)c2-n2cccc2)C1. The molecule has 1 aliphatic rings. The molecule has 1 fully saturated rings. The van der Waals surface area contributed by atoms with Crippen molar-refractivity contribution >= 4 is 5.91 Å². The number of nitrogens with zero attached hydrogens (tertiary/aromatic N) is 5.